The van der Waals surface area contributed by atoms with E-state index in [1.807, 2.05) is 0 Å². The van der Waals surface area contributed by atoms with Crippen LogP contribution in [0.5, 0.6) is 0 Å². The van der Waals surface area contributed by atoms with E-state index in [0.717, 1.165) is 19.0 Å². The highest BCUT2D eigenvalue weighted by Crippen LogP contribution is 2.45. The molecular formula is C29H27F2N7O3. The number of piperidine rings is 1. The molecule has 2 aliphatic heterocycles. The van der Waals surface area contributed by atoms with E-state index in [1.54, 1.807) is 32.6 Å². The number of anilines is 2. The van der Waals surface area contributed by atoms with Crippen molar-refractivity contribution < 1.29 is 18.7 Å². The summed E-state index contributed by atoms with van der Waals surface area (Å²) in [5.74, 6) is -2.71. The zero-order valence-corrected chi connectivity index (χ0v) is 22.6. The molecule has 0 aliphatic carbocycles. The van der Waals surface area contributed by atoms with Crippen LogP contribution in [0.4, 0.5) is 20.2 Å². The number of likely N-dealkylation sites (N-methyl/N-ethyl adjacent to an activating group) is 1. The minimum Gasteiger partial charge on any atom is -0.477 e. The second-order valence-electron chi connectivity index (χ2n) is 11.0. The minimum atomic E-state index is -1.33. The Labute approximate surface area is 232 Å². The van der Waals surface area contributed by atoms with Crippen molar-refractivity contribution in [2.45, 2.75) is 12.5 Å². The number of benzene rings is 1. The lowest BCUT2D eigenvalue weighted by Crippen LogP contribution is -2.62. The van der Waals surface area contributed by atoms with Crippen molar-refractivity contribution in [1.29, 1.82) is 0 Å². The standard InChI is InChI=1S/C29H27F2N7O3/c1-32-19-7-18(30)23(31)21-22-25(38-5-4-13-10-36(2)20(13)12-38)16(9-33-27(22)35-24(19)21)14-6-15-26(39)17(29(40)41)11-37(3)28(15)34-8-14/h6-9,11,13,20,32H,4-5,10,12H2,1-3H3,(H,33,35)(H,40,41)/t13-,20-/m0/s1. The van der Waals surface area contributed by atoms with Crippen LogP contribution >= 0.6 is 0 Å². The molecule has 210 valence electrons. The average Bonchev–Trinajstić information content (AvgIpc) is 3.35. The number of aryl methyl sites for hydroxylation is 1. The molecule has 2 aliphatic rings. The summed E-state index contributed by atoms with van der Waals surface area (Å²) in [5.41, 5.74) is 2.30. The number of halogens is 2. The first-order valence-corrected chi connectivity index (χ1v) is 13.4. The quantitative estimate of drug-likeness (QED) is 0.304. The summed E-state index contributed by atoms with van der Waals surface area (Å²) in [6.45, 7) is 2.41. The number of carboxylic acid groups (broad SMARTS) is 1. The molecule has 0 amide bonds. The van der Waals surface area contributed by atoms with E-state index in [9.17, 15) is 19.1 Å². The number of H-pyrrole nitrogens is 1. The van der Waals surface area contributed by atoms with Gasteiger partial charge in [-0.15, -0.1) is 0 Å². The molecular weight excluding hydrogens is 532 g/mol. The number of hydrogen-bond acceptors (Lipinski definition) is 7. The summed E-state index contributed by atoms with van der Waals surface area (Å²) >= 11 is 0. The molecule has 1 aromatic carbocycles. The first-order chi connectivity index (χ1) is 19.7. The highest BCUT2D eigenvalue weighted by Gasteiger charge is 2.41. The molecule has 7 rings (SSSR count). The number of aromatic nitrogens is 4. The van der Waals surface area contributed by atoms with Gasteiger partial charge < -0.3 is 29.8 Å². The fraction of sp³-hybridized carbons (Fsp3) is 0.310. The number of likely N-dealkylation sites (tertiary alicyclic amines) is 1. The van der Waals surface area contributed by atoms with E-state index >= 15 is 4.39 Å². The van der Waals surface area contributed by atoms with Gasteiger partial charge in [-0.1, -0.05) is 0 Å². The van der Waals surface area contributed by atoms with Gasteiger partial charge in [0.2, 0.25) is 5.43 Å². The molecule has 2 atom stereocenters. The van der Waals surface area contributed by atoms with Crippen LogP contribution in [0.2, 0.25) is 0 Å². The Balaban J connectivity index is 1.55. The van der Waals surface area contributed by atoms with Crippen molar-refractivity contribution in [2.24, 2.45) is 13.0 Å². The number of nitrogens with one attached hydrogen (secondary N) is 2. The van der Waals surface area contributed by atoms with Crippen molar-refractivity contribution >= 4 is 50.3 Å². The molecule has 10 nitrogen and oxygen atoms in total. The summed E-state index contributed by atoms with van der Waals surface area (Å²) in [6.07, 6.45) is 5.44. The zero-order valence-electron chi connectivity index (χ0n) is 22.6. The van der Waals surface area contributed by atoms with Crippen molar-refractivity contribution in [3.63, 3.8) is 0 Å². The Bertz CT molecular complexity index is 1990. The van der Waals surface area contributed by atoms with Crippen LogP contribution in [0.15, 0.2) is 35.5 Å². The topological polar surface area (TPSA) is 119 Å². The molecule has 0 saturated carbocycles. The molecule has 4 aromatic heterocycles. The maximum Gasteiger partial charge on any atom is 0.341 e. The Kier molecular flexibility index (Phi) is 5.55. The molecule has 0 unspecified atom stereocenters. The maximum atomic E-state index is 15.6. The minimum absolute atomic E-state index is 0.0932. The van der Waals surface area contributed by atoms with Gasteiger partial charge in [0, 0.05) is 75.6 Å². The number of aromatic amines is 1. The van der Waals surface area contributed by atoms with Crippen LogP contribution < -0.4 is 15.6 Å². The third kappa shape index (κ3) is 3.63. The lowest BCUT2D eigenvalue weighted by Gasteiger charge is -2.52. The van der Waals surface area contributed by atoms with Crippen LogP contribution in [-0.2, 0) is 7.05 Å². The molecule has 12 heteroatoms. The van der Waals surface area contributed by atoms with Gasteiger partial charge in [0.1, 0.15) is 16.9 Å². The predicted octanol–water partition coefficient (Wildman–Crippen LogP) is 3.79. The molecule has 0 radical (unpaired) electrons. The summed E-state index contributed by atoms with van der Waals surface area (Å²) in [5, 5.41) is 13.2. The van der Waals surface area contributed by atoms with Crippen LogP contribution in [0.3, 0.4) is 0 Å². The van der Waals surface area contributed by atoms with Gasteiger partial charge in [-0.2, -0.15) is 0 Å². The smallest absolute Gasteiger partial charge is 0.341 e. The Morgan fingerprint density at radius 1 is 1.15 bits per heavy atom. The number of carbonyl (C=O) groups is 1. The van der Waals surface area contributed by atoms with E-state index in [4.69, 9.17) is 0 Å². The number of rotatable bonds is 4. The van der Waals surface area contributed by atoms with E-state index in [1.165, 1.54) is 10.8 Å². The van der Waals surface area contributed by atoms with Crippen LogP contribution in [0.25, 0.3) is 44.1 Å². The number of nitrogens with zero attached hydrogens (tertiary/aromatic N) is 5. The highest BCUT2D eigenvalue weighted by atomic mass is 19.2. The molecule has 0 spiro atoms. The summed E-state index contributed by atoms with van der Waals surface area (Å²) < 4.78 is 32.0. The second-order valence-corrected chi connectivity index (χ2v) is 11.0. The van der Waals surface area contributed by atoms with Crippen molar-refractivity contribution in [3.8, 4) is 11.1 Å². The molecule has 3 N–H and O–H groups in total. The van der Waals surface area contributed by atoms with Crippen LogP contribution in [0.1, 0.15) is 16.8 Å². The molecule has 6 heterocycles. The number of pyridine rings is 3. The van der Waals surface area contributed by atoms with E-state index < -0.39 is 23.0 Å². The molecule has 0 bridgehead atoms. The van der Waals surface area contributed by atoms with Crippen molar-refractivity contribution in [2.75, 3.05) is 43.9 Å². The van der Waals surface area contributed by atoms with Gasteiger partial charge in [0.15, 0.2) is 11.6 Å². The molecule has 2 saturated heterocycles. The van der Waals surface area contributed by atoms with Gasteiger partial charge in [-0.25, -0.2) is 23.5 Å². The fourth-order valence-corrected chi connectivity index (χ4v) is 6.61. The zero-order chi connectivity index (χ0) is 28.7. The van der Waals surface area contributed by atoms with Gasteiger partial charge in [0.05, 0.1) is 33.1 Å². The van der Waals surface area contributed by atoms with E-state index in [0.29, 0.717) is 69.7 Å². The monoisotopic (exact) mass is 559 g/mol. The average molecular weight is 560 g/mol. The van der Waals surface area contributed by atoms with Crippen molar-refractivity contribution in [1.82, 2.24) is 24.4 Å². The van der Waals surface area contributed by atoms with Gasteiger partial charge in [-0.3, -0.25) is 4.79 Å². The van der Waals surface area contributed by atoms with Gasteiger partial charge >= 0.3 is 5.97 Å². The van der Waals surface area contributed by atoms with E-state index in [2.05, 4.69) is 37.1 Å². The number of fused-ring (bicyclic) bond motifs is 5. The maximum absolute atomic E-state index is 15.6. The number of carboxylic acids is 1. The third-order valence-electron chi connectivity index (χ3n) is 8.71. The first kappa shape index (κ1) is 25.4. The Morgan fingerprint density at radius 2 is 1.95 bits per heavy atom. The largest absolute Gasteiger partial charge is 0.477 e. The SMILES string of the molecule is CNc1cc(F)c(F)c2c1[nH]c1ncc(-c3cnc4c(c3)c(=O)c(C(=O)O)cn4C)c(N3CC[C@H]4CN(C)[C@H]4C3)c12. The molecule has 5 aromatic rings. The lowest BCUT2D eigenvalue weighted by atomic mass is 9.82. The van der Waals surface area contributed by atoms with Crippen LogP contribution in [0, 0.1) is 17.6 Å². The summed E-state index contributed by atoms with van der Waals surface area (Å²) in [4.78, 5) is 41.7. The molecule has 2 fully saturated rings. The van der Waals surface area contributed by atoms with Crippen molar-refractivity contribution in [3.05, 3.63) is 58.1 Å². The Hall–Kier alpha value is -4.58. The highest BCUT2D eigenvalue weighted by molar-refractivity contribution is 6.18. The van der Waals surface area contributed by atoms with Gasteiger partial charge in [-0.05, 0) is 25.5 Å². The Morgan fingerprint density at radius 3 is 2.68 bits per heavy atom. The lowest BCUT2D eigenvalue weighted by molar-refractivity contribution is 0.0281. The molecule has 41 heavy (non-hydrogen) atoms. The fourth-order valence-electron chi connectivity index (χ4n) is 6.61. The first-order valence-electron chi connectivity index (χ1n) is 13.4. The third-order valence-corrected chi connectivity index (χ3v) is 8.71. The predicted molar refractivity (Wildman–Crippen MR) is 153 cm³/mol. The van der Waals surface area contributed by atoms with Gasteiger partial charge in [0.25, 0.3) is 0 Å². The van der Waals surface area contributed by atoms with E-state index in [-0.39, 0.29) is 16.3 Å². The normalized spacial score (nSPS) is 19.1. The number of aromatic carboxylic acids is 1. The number of hydrogen-bond donors (Lipinski definition) is 3. The van der Waals surface area contributed by atoms with Crippen LogP contribution in [-0.4, -0.2) is 75.3 Å². The summed E-state index contributed by atoms with van der Waals surface area (Å²) in [7, 11) is 5.35. The summed E-state index contributed by atoms with van der Waals surface area (Å²) in [6, 6.07) is 3.04. The second kappa shape index (κ2) is 8.96.